The van der Waals surface area contributed by atoms with Gasteiger partial charge in [-0.05, 0) is 40.0 Å². The Bertz CT molecular complexity index is 724. The van der Waals surface area contributed by atoms with Gasteiger partial charge in [0.25, 0.3) is 0 Å². The molecule has 168 valence electrons. The van der Waals surface area contributed by atoms with E-state index in [1.165, 1.54) is 4.90 Å². The summed E-state index contributed by atoms with van der Waals surface area (Å²) in [6.45, 7) is 11.5. The molecule has 30 heavy (non-hydrogen) atoms. The molecule has 0 saturated carbocycles. The normalized spacial score (nSPS) is 34.4. The van der Waals surface area contributed by atoms with Crippen LogP contribution in [0.1, 0.15) is 47.0 Å². The lowest BCUT2D eigenvalue weighted by Crippen LogP contribution is -2.57. The van der Waals surface area contributed by atoms with Crippen molar-refractivity contribution in [2.75, 3.05) is 26.3 Å². The summed E-state index contributed by atoms with van der Waals surface area (Å²) in [6, 6.07) is -0.978. The van der Waals surface area contributed by atoms with Crippen LogP contribution in [-0.4, -0.2) is 82.3 Å². The summed E-state index contributed by atoms with van der Waals surface area (Å²) in [7, 11) is 0. The summed E-state index contributed by atoms with van der Waals surface area (Å²) < 4.78 is 11.9. The molecule has 3 heterocycles. The highest BCUT2D eigenvalue weighted by atomic mass is 16.6. The van der Waals surface area contributed by atoms with Gasteiger partial charge in [0.15, 0.2) is 0 Å². The number of hydrogen-bond donors (Lipinski definition) is 1. The molecule has 3 aliphatic heterocycles. The van der Waals surface area contributed by atoms with Gasteiger partial charge in [-0.2, -0.15) is 0 Å². The molecule has 0 radical (unpaired) electrons. The van der Waals surface area contributed by atoms with Crippen molar-refractivity contribution in [3.63, 3.8) is 0 Å². The summed E-state index contributed by atoms with van der Waals surface area (Å²) in [4.78, 5) is 43.3. The van der Waals surface area contributed by atoms with Gasteiger partial charge in [-0.15, -0.1) is 6.58 Å². The Morgan fingerprint density at radius 2 is 2.10 bits per heavy atom. The minimum absolute atomic E-state index is 0.0194. The number of esters is 1. The number of carbonyl (C=O) groups excluding carboxylic acids is 3. The summed E-state index contributed by atoms with van der Waals surface area (Å²) in [5.41, 5.74) is -1.87. The molecular formula is C22H34N2O6. The fourth-order valence-corrected chi connectivity index (χ4v) is 5.79. The van der Waals surface area contributed by atoms with Crippen molar-refractivity contribution in [1.29, 1.82) is 0 Å². The molecule has 8 nitrogen and oxygen atoms in total. The molecule has 0 aliphatic carbocycles. The van der Waals surface area contributed by atoms with Crippen LogP contribution < -0.4 is 0 Å². The van der Waals surface area contributed by atoms with Crippen LogP contribution >= 0.6 is 0 Å². The van der Waals surface area contributed by atoms with E-state index in [0.29, 0.717) is 25.8 Å². The fraction of sp³-hybridized carbons (Fsp3) is 0.773. The van der Waals surface area contributed by atoms with Crippen LogP contribution in [0.15, 0.2) is 12.7 Å². The molecule has 2 unspecified atom stereocenters. The number of nitrogens with zero attached hydrogens (tertiary/aromatic N) is 2. The Morgan fingerprint density at radius 3 is 2.63 bits per heavy atom. The maximum Gasteiger partial charge on any atom is 0.312 e. The van der Waals surface area contributed by atoms with Gasteiger partial charge < -0.3 is 24.4 Å². The third-order valence-electron chi connectivity index (χ3n) is 7.03. The third kappa shape index (κ3) is 3.07. The van der Waals surface area contributed by atoms with Crippen molar-refractivity contribution in [2.24, 2.45) is 11.8 Å². The molecule has 0 aromatic heterocycles. The van der Waals surface area contributed by atoms with Gasteiger partial charge in [0.2, 0.25) is 11.8 Å². The van der Waals surface area contributed by atoms with E-state index >= 15 is 0 Å². The molecule has 2 amide bonds. The highest BCUT2D eigenvalue weighted by Crippen LogP contribution is 2.64. The number of likely N-dealkylation sites (tertiary alicyclic amines) is 1. The molecule has 0 aromatic rings. The van der Waals surface area contributed by atoms with Gasteiger partial charge in [-0.25, -0.2) is 0 Å². The summed E-state index contributed by atoms with van der Waals surface area (Å²) in [5, 5.41) is 9.61. The van der Waals surface area contributed by atoms with E-state index in [9.17, 15) is 19.5 Å². The second-order valence-corrected chi connectivity index (χ2v) is 8.71. The Hall–Kier alpha value is -1.93. The van der Waals surface area contributed by atoms with Crippen molar-refractivity contribution < 1.29 is 29.0 Å². The number of aliphatic hydroxyl groups excluding tert-OH is 1. The highest BCUT2D eigenvalue weighted by molar-refractivity contribution is 5.98. The van der Waals surface area contributed by atoms with Gasteiger partial charge in [-0.1, -0.05) is 13.0 Å². The monoisotopic (exact) mass is 422 g/mol. The first kappa shape index (κ1) is 22.7. The maximum absolute atomic E-state index is 13.7. The number of aliphatic hydroxyl groups is 1. The van der Waals surface area contributed by atoms with Crippen LogP contribution in [0, 0.1) is 11.8 Å². The molecule has 1 spiro atoms. The molecular weight excluding hydrogens is 388 g/mol. The first-order valence-electron chi connectivity index (χ1n) is 10.9. The smallest absolute Gasteiger partial charge is 0.312 e. The van der Waals surface area contributed by atoms with Crippen molar-refractivity contribution in [2.45, 2.75) is 70.2 Å². The lowest BCUT2D eigenvalue weighted by atomic mass is 9.65. The first-order valence-corrected chi connectivity index (χ1v) is 10.9. The number of β-amino-alcohol motifs (C(OH)–C–C–N with tert-alkyl or cyclic N) is 1. The van der Waals surface area contributed by atoms with Gasteiger partial charge in [0, 0.05) is 19.1 Å². The first-order chi connectivity index (χ1) is 14.2. The fourth-order valence-electron chi connectivity index (χ4n) is 5.79. The van der Waals surface area contributed by atoms with E-state index in [4.69, 9.17) is 9.47 Å². The predicted octanol–water partition coefficient (Wildman–Crippen LogP) is 1.12. The second-order valence-electron chi connectivity index (χ2n) is 8.71. The third-order valence-corrected chi connectivity index (χ3v) is 7.03. The number of ether oxygens (including phenoxy) is 2. The highest BCUT2D eigenvalue weighted by Gasteiger charge is 2.79. The molecule has 3 rings (SSSR count). The second kappa shape index (κ2) is 8.30. The van der Waals surface area contributed by atoms with Gasteiger partial charge in [-0.3, -0.25) is 14.4 Å². The lowest BCUT2D eigenvalue weighted by molar-refractivity contribution is -0.162. The Labute approximate surface area is 178 Å². The van der Waals surface area contributed by atoms with Gasteiger partial charge in [0.05, 0.1) is 24.7 Å². The Balaban J connectivity index is 2.10. The van der Waals surface area contributed by atoms with E-state index in [0.717, 1.165) is 0 Å². The van der Waals surface area contributed by atoms with E-state index in [2.05, 4.69) is 6.58 Å². The SMILES string of the molecule is C=CCN(C(=O)C1N(CCO)C(=O)[C@@H]2[C@@H](C(=O)OCC)[C@@]3(CC)CCC12O3)C(C)C. The van der Waals surface area contributed by atoms with Crippen LogP contribution in [0.4, 0.5) is 0 Å². The Kier molecular flexibility index (Phi) is 6.30. The lowest BCUT2D eigenvalue weighted by Gasteiger charge is -2.38. The molecule has 2 bridgehead atoms. The minimum atomic E-state index is -1.08. The van der Waals surface area contributed by atoms with Crippen molar-refractivity contribution in [1.82, 2.24) is 9.80 Å². The molecule has 3 aliphatic rings. The van der Waals surface area contributed by atoms with Crippen LogP contribution in [0.2, 0.25) is 0 Å². The molecule has 0 aromatic carbocycles. The molecule has 5 atom stereocenters. The molecule has 1 N–H and O–H groups in total. The van der Waals surface area contributed by atoms with E-state index in [-0.39, 0.29) is 37.6 Å². The van der Waals surface area contributed by atoms with Gasteiger partial charge >= 0.3 is 5.97 Å². The van der Waals surface area contributed by atoms with Crippen molar-refractivity contribution in [3.05, 3.63) is 12.7 Å². The number of fused-ring (bicyclic) bond motifs is 1. The largest absolute Gasteiger partial charge is 0.466 e. The topological polar surface area (TPSA) is 96.4 Å². The number of carbonyl (C=O) groups is 3. The number of hydrogen-bond acceptors (Lipinski definition) is 6. The van der Waals surface area contributed by atoms with E-state index < -0.39 is 35.0 Å². The van der Waals surface area contributed by atoms with Crippen molar-refractivity contribution >= 4 is 17.8 Å². The van der Waals surface area contributed by atoms with Crippen LogP contribution in [0.5, 0.6) is 0 Å². The minimum Gasteiger partial charge on any atom is -0.466 e. The van der Waals surface area contributed by atoms with Crippen LogP contribution in [0.3, 0.4) is 0 Å². The predicted molar refractivity (Wildman–Crippen MR) is 109 cm³/mol. The van der Waals surface area contributed by atoms with Gasteiger partial charge in [0.1, 0.15) is 17.6 Å². The summed E-state index contributed by atoms with van der Waals surface area (Å²) in [5.74, 6) is -2.50. The quantitative estimate of drug-likeness (QED) is 0.442. The maximum atomic E-state index is 13.7. The molecule has 3 saturated heterocycles. The molecule has 8 heteroatoms. The summed E-state index contributed by atoms with van der Waals surface area (Å²) in [6.07, 6.45) is 3.33. The molecule has 3 fully saturated rings. The Morgan fingerprint density at radius 1 is 1.40 bits per heavy atom. The zero-order valence-corrected chi connectivity index (χ0v) is 18.4. The zero-order valence-electron chi connectivity index (χ0n) is 18.4. The van der Waals surface area contributed by atoms with Crippen LogP contribution in [0.25, 0.3) is 0 Å². The number of amides is 2. The standard InChI is InChI=1S/C22H34N2O6/c1-6-11-23(14(4)5)19(27)17-22-10-9-21(7-2,30-22)16(20(28)29-8-3)15(22)18(26)24(17)12-13-25/h6,14-17,25H,1,7-13H2,2-5H3/t15-,16-,17?,21+,22?/m0/s1. The van der Waals surface area contributed by atoms with E-state index in [1.807, 2.05) is 20.8 Å². The average molecular weight is 423 g/mol. The zero-order chi connectivity index (χ0) is 22.3. The number of rotatable bonds is 9. The van der Waals surface area contributed by atoms with Crippen LogP contribution in [-0.2, 0) is 23.9 Å². The summed E-state index contributed by atoms with van der Waals surface area (Å²) >= 11 is 0. The average Bonchev–Trinajstić information content (AvgIpc) is 3.30. The van der Waals surface area contributed by atoms with Crippen molar-refractivity contribution in [3.8, 4) is 0 Å². The van der Waals surface area contributed by atoms with E-state index in [1.54, 1.807) is 17.9 Å².